The molecular weight excluding hydrogens is 315 g/mol. The van der Waals surface area contributed by atoms with Crippen LogP contribution in [0.2, 0.25) is 0 Å². The van der Waals surface area contributed by atoms with Crippen molar-refractivity contribution in [1.29, 1.82) is 0 Å². The number of nitrogens with one attached hydrogen (secondary N) is 1. The summed E-state index contributed by atoms with van der Waals surface area (Å²) in [5.74, 6) is -0.953. The Morgan fingerprint density at radius 3 is 2.95 bits per heavy atom. The van der Waals surface area contributed by atoms with Crippen molar-refractivity contribution in [2.75, 3.05) is 13.6 Å². The van der Waals surface area contributed by atoms with Gasteiger partial charge in [0, 0.05) is 26.1 Å². The topological polar surface area (TPSA) is 49.4 Å². The largest absolute Gasteiger partial charge is 0.347 e. The number of piperidine rings is 1. The molecule has 0 radical (unpaired) electrons. The standard InChI is InChI=1S/C13H14BrFN2O2/c1-17-7-8(5-6-11(17)18)16-13(19)9-3-2-4-10(14)12(9)15/h2-4,8H,5-7H2,1H3,(H,16,19). The first kappa shape index (κ1) is 14.0. The van der Waals surface area contributed by atoms with Crippen molar-refractivity contribution in [3.8, 4) is 0 Å². The minimum absolute atomic E-state index is 0.00827. The number of hydrogen-bond donors (Lipinski definition) is 1. The molecule has 6 heteroatoms. The van der Waals surface area contributed by atoms with Gasteiger partial charge in [0.25, 0.3) is 5.91 Å². The fourth-order valence-corrected chi connectivity index (χ4v) is 2.44. The molecule has 1 aromatic rings. The minimum Gasteiger partial charge on any atom is -0.347 e. The second kappa shape index (κ2) is 5.69. The summed E-state index contributed by atoms with van der Waals surface area (Å²) in [5.41, 5.74) is 0.00827. The molecule has 2 rings (SSSR count). The van der Waals surface area contributed by atoms with Gasteiger partial charge in [-0.25, -0.2) is 4.39 Å². The smallest absolute Gasteiger partial charge is 0.254 e. The Kier molecular flexibility index (Phi) is 4.19. The highest BCUT2D eigenvalue weighted by molar-refractivity contribution is 9.10. The van der Waals surface area contributed by atoms with Gasteiger partial charge in [-0.05, 0) is 34.5 Å². The lowest BCUT2D eigenvalue weighted by atomic mass is 10.0. The molecule has 0 saturated carbocycles. The number of likely N-dealkylation sites (N-methyl/N-ethyl adjacent to an activating group) is 1. The van der Waals surface area contributed by atoms with E-state index in [1.54, 1.807) is 24.1 Å². The van der Waals surface area contributed by atoms with E-state index in [1.165, 1.54) is 6.07 Å². The molecule has 102 valence electrons. The third-order valence-corrected chi connectivity index (χ3v) is 3.77. The molecule has 1 aliphatic heterocycles. The molecule has 0 bridgehead atoms. The molecule has 19 heavy (non-hydrogen) atoms. The van der Waals surface area contributed by atoms with Crippen LogP contribution in [0.15, 0.2) is 22.7 Å². The molecule has 1 aliphatic rings. The van der Waals surface area contributed by atoms with Crippen LogP contribution in [0.1, 0.15) is 23.2 Å². The third-order valence-electron chi connectivity index (χ3n) is 3.16. The van der Waals surface area contributed by atoms with Crippen molar-refractivity contribution in [3.63, 3.8) is 0 Å². The summed E-state index contributed by atoms with van der Waals surface area (Å²) in [4.78, 5) is 24.9. The molecule has 1 N–H and O–H groups in total. The molecule has 1 fully saturated rings. The van der Waals surface area contributed by atoms with E-state index in [0.717, 1.165) is 0 Å². The van der Waals surface area contributed by atoms with Crippen LogP contribution < -0.4 is 5.32 Å². The molecule has 0 aromatic heterocycles. The van der Waals surface area contributed by atoms with Crippen LogP contribution in [-0.2, 0) is 4.79 Å². The predicted octanol–water partition coefficient (Wildman–Crippen LogP) is 1.94. The van der Waals surface area contributed by atoms with Gasteiger partial charge < -0.3 is 10.2 Å². The van der Waals surface area contributed by atoms with Crippen LogP contribution in [-0.4, -0.2) is 36.3 Å². The van der Waals surface area contributed by atoms with Crippen LogP contribution in [0.25, 0.3) is 0 Å². The van der Waals surface area contributed by atoms with E-state index < -0.39 is 11.7 Å². The van der Waals surface area contributed by atoms with Gasteiger partial charge in [0.05, 0.1) is 10.0 Å². The van der Waals surface area contributed by atoms with E-state index in [4.69, 9.17) is 0 Å². The summed E-state index contributed by atoms with van der Waals surface area (Å²) in [6.07, 6.45) is 0.993. The number of halogens is 2. The zero-order valence-electron chi connectivity index (χ0n) is 10.5. The van der Waals surface area contributed by atoms with Crippen molar-refractivity contribution < 1.29 is 14.0 Å². The van der Waals surface area contributed by atoms with Gasteiger partial charge in [0.1, 0.15) is 5.82 Å². The third kappa shape index (κ3) is 3.12. The Labute approximate surface area is 119 Å². The first-order valence-electron chi connectivity index (χ1n) is 5.98. The summed E-state index contributed by atoms with van der Waals surface area (Å²) < 4.78 is 14.0. The van der Waals surface area contributed by atoms with E-state index in [2.05, 4.69) is 21.2 Å². The first-order chi connectivity index (χ1) is 8.99. The number of hydrogen-bond acceptors (Lipinski definition) is 2. The number of carbonyl (C=O) groups is 2. The second-order valence-corrected chi connectivity index (χ2v) is 5.44. The fraction of sp³-hybridized carbons (Fsp3) is 0.385. The number of likely N-dealkylation sites (tertiary alicyclic amines) is 1. The molecule has 4 nitrogen and oxygen atoms in total. The summed E-state index contributed by atoms with van der Waals surface area (Å²) in [7, 11) is 1.69. The van der Waals surface area contributed by atoms with Crippen LogP contribution in [0.4, 0.5) is 4.39 Å². The Morgan fingerprint density at radius 1 is 1.53 bits per heavy atom. The zero-order valence-corrected chi connectivity index (χ0v) is 12.0. The van der Waals surface area contributed by atoms with Gasteiger partial charge >= 0.3 is 0 Å². The SMILES string of the molecule is CN1CC(NC(=O)c2cccc(Br)c2F)CCC1=O. The van der Waals surface area contributed by atoms with E-state index in [1.807, 2.05) is 0 Å². The van der Waals surface area contributed by atoms with Crippen molar-refractivity contribution in [1.82, 2.24) is 10.2 Å². The van der Waals surface area contributed by atoms with Crippen LogP contribution in [0, 0.1) is 5.82 Å². The highest BCUT2D eigenvalue weighted by Gasteiger charge is 2.25. The fourth-order valence-electron chi connectivity index (χ4n) is 2.07. The number of nitrogens with zero attached hydrogens (tertiary/aromatic N) is 1. The molecule has 0 spiro atoms. The molecular formula is C13H14BrFN2O2. The molecule has 0 aliphatic carbocycles. The first-order valence-corrected chi connectivity index (χ1v) is 6.77. The maximum Gasteiger partial charge on any atom is 0.254 e. The normalized spacial score (nSPS) is 19.4. The van der Waals surface area contributed by atoms with E-state index >= 15 is 0 Å². The van der Waals surface area contributed by atoms with Gasteiger partial charge in [-0.3, -0.25) is 9.59 Å². The van der Waals surface area contributed by atoms with Crippen molar-refractivity contribution in [2.24, 2.45) is 0 Å². The summed E-state index contributed by atoms with van der Waals surface area (Å²) in [6.45, 7) is 0.459. The summed E-state index contributed by atoms with van der Waals surface area (Å²) >= 11 is 3.05. The van der Waals surface area contributed by atoms with Gasteiger partial charge in [-0.2, -0.15) is 0 Å². The van der Waals surface area contributed by atoms with Crippen LogP contribution >= 0.6 is 15.9 Å². The van der Waals surface area contributed by atoms with Gasteiger partial charge in [-0.15, -0.1) is 0 Å². The highest BCUT2D eigenvalue weighted by atomic mass is 79.9. The lowest BCUT2D eigenvalue weighted by Gasteiger charge is -2.30. The summed E-state index contributed by atoms with van der Waals surface area (Å²) in [6, 6.07) is 4.46. The van der Waals surface area contributed by atoms with Crippen LogP contribution in [0.3, 0.4) is 0 Å². The maximum absolute atomic E-state index is 13.8. The lowest BCUT2D eigenvalue weighted by molar-refractivity contribution is -0.132. The highest BCUT2D eigenvalue weighted by Crippen LogP contribution is 2.19. The lowest BCUT2D eigenvalue weighted by Crippen LogP contribution is -2.48. The van der Waals surface area contributed by atoms with Crippen LogP contribution in [0.5, 0.6) is 0 Å². The number of benzene rings is 1. The zero-order chi connectivity index (χ0) is 14.0. The second-order valence-electron chi connectivity index (χ2n) is 4.58. The van der Waals surface area contributed by atoms with Gasteiger partial charge in [-0.1, -0.05) is 6.07 Å². The maximum atomic E-state index is 13.8. The van der Waals surface area contributed by atoms with E-state index in [-0.39, 0.29) is 22.0 Å². The molecule has 2 amide bonds. The van der Waals surface area contributed by atoms with Gasteiger partial charge in [0.2, 0.25) is 5.91 Å². The average Bonchev–Trinajstić information content (AvgIpc) is 2.37. The van der Waals surface area contributed by atoms with Gasteiger partial charge in [0.15, 0.2) is 0 Å². The molecule has 1 unspecified atom stereocenters. The Bertz CT molecular complexity index is 521. The quantitative estimate of drug-likeness (QED) is 0.901. The number of carbonyl (C=O) groups excluding carboxylic acids is 2. The monoisotopic (exact) mass is 328 g/mol. The Morgan fingerprint density at radius 2 is 2.26 bits per heavy atom. The van der Waals surface area contributed by atoms with Crippen molar-refractivity contribution in [2.45, 2.75) is 18.9 Å². The predicted molar refractivity (Wildman–Crippen MR) is 72.2 cm³/mol. The molecule has 1 heterocycles. The van der Waals surface area contributed by atoms with Crippen molar-refractivity contribution in [3.05, 3.63) is 34.1 Å². The summed E-state index contributed by atoms with van der Waals surface area (Å²) in [5, 5.41) is 2.76. The Balaban J connectivity index is 2.05. The average molecular weight is 329 g/mol. The Hall–Kier alpha value is -1.43. The van der Waals surface area contributed by atoms with E-state index in [0.29, 0.717) is 19.4 Å². The van der Waals surface area contributed by atoms with Crippen molar-refractivity contribution >= 4 is 27.7 Å². The molecule has 1 atom stereocenters. The van der Waals surface area contributed by atoms with E-state index in [9.17, 15) is 14.0 Å². The number of rotatable bonds is 2. The molecule has 1 aromatic carbocycles. The molecule has 1 saturated heterocycles. The minimum atomic E-state index is -0.569. The number of amides is 2.